The minimum atomic E-state index is -3.55. The van der Waals surface area contributed by atoms with Crippen molar-refractivity contribution in [2.75, 3.05) is 5.88 Å². The van der Waals surface area contributed by atoms with Crippen molar-refractivity contribution in [1.29, 1.82) is 0 Å². The molecule has 6 nitrogen and oxygen atoms in total. The van der Waals surface area contributed by atoms with Crippen molar-refractivity contribution in [3.63, 3.8) is 0 Å². The molecule has 3 rings (SSSR count). The Bertz CT molecular complexity index is 940. The van der Waals surface area contributed by atoms with E-state index in [-0.39, 0.29) is 11.4 Å². The summed E-state index contributed by atoms with van der Waals surface area (Å²) in [6, 6.07) is 14.7. The number of hydrogen-bond donors (Lipinski definition) is 1. The van der Waals surface area contributed by atoms with Crippen LogP contribution in [0.5, 0.6) is 0 Å². The summed E-state index contributed by atoms with van der Waals surface area (Å²) >= 11 is 5.69. The molecule has 0 aliphatic rings. The van der Waals surface area contributed by atoms with Gasteiger partial charge in [-0.2, -0.15) is 5.10 Å². The van der Waals surface area contributed by atoms with Crippen molar-refractivity contribution in [3.8, 4) is 0 Å². The van der Waals surface area contributed by atoms with Crippen LogP contribution in [0.15, 0.2) is 66.1 Å². The van der Waals surface area contributed by atoms with Gasteiger partial charge in [0.1, 0.15) is 12.7 Å². The smallest absolute Gasteiger partial charge is 0.240 e. The molecule has 0 fully saturated rings. The lowest BCUT2D eigenvalue weighted by molar-refractivity contribution is 0.581. The molecule has 0 saturated heterocycles. The van der Waals surface area contributed by atoms with E-state index in [1.807, 2.05) is 36.4 Å². The summed E-state index contributed by atoms with van der Waals surface area (Å²) < 4.78 is 29.3. The number of benzene rings is 2. The third-order valence-corrected chi connectivity index (χ3v) is 5.82. The second-order valence-corrected chi connectivity index (χ2v) is 8.32. The number of rotatable bonds is 9. The summed E-state index contributed by atoms with van der Waals surface area (Å²) in [5.41, 5.74) is 3.04. The van der Waals surface area contributed by atoms with E-state index in [0.29, 0.717) is 12.4 Å². The third kappa shape index (κ3) is 5.63. The molecule has 27 heavy (non-hydrogen) atoms. The number of nitrogens with one attached hydrogen (secondary N) is 1. The predicted molar refractivity (Wildman–Crippen MR) is 105 cm³/mol. The number of sulfonamides is 1. The van der Waals surface area contributed by atoms with Crippen LogP contribution in [0, 0.1) is 0 Å². The highest BCUT2D eigenvalue weighted by Gasteiger charge is 2.13. The normalized spacial score (nSPS) is 11.6. The Morgan fingerprint density at radius 3 is 2.26 bits per heavy atom. The quantitative estimate of drug-likeness (QED) is 0.556. The second-order valence-electron chi connectivity index (χ2n) is 6.17. The van der Waals surface area contributed by atoms with Crippen LogP contribution < -0.4 is 4.72 Å². The molecule has 3 aromatic rings. The molecule has 1 aromatic heterocycles. The molecular weight excluding hydrogens is 384 g/mol. The molecule has 142 valence electrons. The zero-order chi connectivity index (χ0) is 19.1. The highest BCUT2D eigenvalue weighted by Crippen LogP contribution is 2.13. The summed E-state index contributed by atoms with van der Waals surface area (Å²) in [6.45, 7) is 0.863. The number of aryl methyl sites for hydroxylation is 1. The van der Waals surface area contributed by atoms with Gasteiger partial charge in [-0.3, -0.25) is 0 Å². The largest absolute Gasteiger partial charge is 0.249 e. The fourth-order valence-electron chi connectivity index (χ4n) is 2.63. The zero-order valence-corrected chi connectivity index (χ0v) is 16.3. The molecule has 0 atom stereocenters. The van der Waals surface area contributed by atoms with Crippen LogP contribution >= 0.6 is 11.6 Å². The molecule has 0 unspecified atom stereocenters. The van der Waals surface area contributed by atoms with Crippen molar-refractivity contribution in [3.05, 3.63) is 77.9 Å². The van der Waals surface area contributed by atoms with Gasteiger partial charge in [0.15, 0.2) is 0 Å². The van der Waals surface area contributed by atoms with Gasteiger partial charge in [0.05, 0.1) is 11.4 Å². The van der Waals surface area contributed by atoms with Crippen LogP contribution in [0.2, 0.25) is 0 Å². The predicted octanol–water partition coefficient (Wildman–Crippen LogP) is 2.98. The minimum Gasteiger partial charge on any atom is -0.249 e. The van der Waals surface area contributed by atoms with Gasteiger partial charge in [0, 0.05) is 12.4 Å². The molecule has 2 aromatic carbocycles. The van der Waals surface area contributed by atoms with E-state index in [4.69, 9.17) is 11.6 Å². The molecule has 1 N–H and O–H groups in total. The molecule has 0 aliphatic heterocycles. The number of halogens is 1. The molecule has 0 amide bonds. The first-order chi connectivity index (χ1) is 13.1. The molecule has 0 spiro atoms. The standard InChI is InChI=1S/C19H21ClN4O2S/c20-11-1-2-16-7-9-19(10-8-16)27(25,26)23-12-17-3-5-18(6-4-17)13-24-15-21-14-22-24/h3-10,14-15,23H,1-2,11-13H2. The van der Waals surface area contributed by atoms with E-state index in [2.05, 4.69) is 14.8 Å². The Labute approximate surface area is 164 Å². The van der Waals surface area contributed by atoms with E-state index < -0.39 is 10.0 Å². The Morgan fingerprint density at radius 1 is 0.963 bits per heavy atom. The molecule has 8 heteroatoms. The molecule has 0 bridgehead atoms. The van der Waals surface area contributed by atoms with Crippen LogP contribution in [0.25, 0.3) is 0 Å². The maximum Gasteiger partial charge on any atom is 0.240 e. The molecular formula is C19H21ClN4O2S. The summed E-state index contributed by atoms with van der Waals surface area (Å²) in [4.78, 5) is 4.17. The van der Waals surface area contributed by atoms with Crippen LogP contribution in [-0.2, 0) is 29.5 Å². The first kappa shape index (κ1) is 19.5. The van der Waals surface area contributed by atoms with Crippen LogP contribution in [0.4, 0.5) is 0 Å². The van der Waals surface area contributed by atoms with Crippen molar-refractivity contribution in [1.82, 2.24) is 19.5 Å². The number of alkyl halides is 1. The van der Waals surface area contributed by atoms with Gasteiger partial charge in [-0.05, 0) is 41.7 Å². The summed E-state index contributed by atoms with van der Waals surface area (Å²) in [6.07, 6.45) is 4.87. The lowest BCUT2D eigenvalue weighted by Gasteiger charge is -2.09. The number of hydrogen-bond acceptors (Lipinski definition) is 4. The fraction of sp³-hybridized carbons (Fsp3) is 0.263. The maximum atomic E-state index is 12.5. The van der Waals surface area contributed by atoms with E-state index >= 15 is 0 Å². The van der Waals surface area contributed by atoms with E-state index in [1.165, 1.54) is 6.33 Å². The van der Waals surface area contributed by atoms with Crippen molar-refractivity contribution in [2.45, 2.75) is 30.8 Å². The van der Waals surface area contributed by atoms with Gasteiger partial charge in [-0.15, -0.1) is 11.6 Å². The van der Waals surface area contributed by atoms with Crippen LogP contribution in [0.1, 0.15) is 23.1 Å². The Balaban J connectivity index is 1.58. The van der Waals surface area contributed by atoms with Gasteiger partial charge in [-0.1, -0.05) is 36.4 Å². The molecule has 0 radical (unpaired) electrons. The van der Waals surface area contributed by atoms with E-state index in [9.17, 15) is 8.42 Å². The number of aromatic nitrogens is 3. The summed E-state index contributed by atoms with van der Waals surface area (Å²) in [5.74, 6) is 0.596. The monoisotopic (exact) mass is 404 g/mol. The number of nitrogens with zero attached hydrogens (tertiary/aromatic N) is 3. The Morgan fingerprint density at radius 2 is 1.63 bits per heavy atom. The highest BCUT2D eigenvalue weighted by atomic mass is 35.5. The van der Waals surface area contributed by atoms with Gasteiger partial charge in [0.2, 0.25) is 10.0 Å². The SMILES string of the molecule is O=S(=O)(NCc1ccc(Cn2cncn2)cc1)c1ccc(CCCCl)cc1. The molecule has 0 aliphatic carbocycles. The summed E-state index contributed by atoms with van der Waals surface area (Å²) in [5, 5.41) is 4.07. The highest BCUT2D eigenvalue weighted by molar-refractivity contribution is 7.89. The molecule has 0 saturated carbocycles. The summed E-state index contributed by atoms with van der Waals surface area (Å²) in [7, 11) is -3.55. The third-order valence-electron chi connectivity index (χ3n) is 4.13. The van der Waals surface area contributed by atoms with Gasteiger partial charge in [0.25, 0.3) is 0 Å². The lowest BCUT2D eigenvalue weighted by atomic mass is 10.1. The van der Waals surface area contributed by atoms with E-state index in [0.717, 1.165) is 29.5 Å². The van der Waals surface area contributed by atoms with E-state index in [1.54, 1.807) is 23.1 Å². The van der Waals surface area contributed by atoms with Crippen molar-refractivity contribution < 1.29 is 8.42 Å². The van der Waals surface area contributed by atoms with Crippen LogP contribution in [0.3, 0.4) is 0 Å². The van der Waals surface area contributed by atoms with Crippen molar-refractivity contribution in [2.24, 2.45) is 0 Å². The topological polar surface area (TPSA) is 76.9 Å². The Hall–Kier alpha value is -2.22. The van der Waals surface area contributed by atoms with Gasteiger partial charge in [-0.25, -0.2) is 22.8 Å². The minimum absolute atomic E-state index is 0.236. The van der Waals surface area contributed by atoms with Crippen molar-refractivity contribution >= 4 is 21.6 Å². The Kier molecular flexibility index (Phi) is 6.60. The molecule has 1 heterocycles. The van der Waals surface area contributed by atoms with Gasteiger partial charge < -0.3 is 0 Å². The average molecular weight is 405 g/mol. The fourth-order valence-corrected chi connectivity index (χ4v) is 3.78. The first-order valence-electron chi connectivity index (χ1n) is 8.61. The van der Waals surface area contributed by atoms with Gasteiger partial charge >= 0.3 is 0 Å². The lowest BCUT2D eigenvalue weighted by Crippen LogP contribution is -2.23. The average Bonchev–Trinajstić information content (AvgIpc) is 3.19. The van der Waals surface area contributed by atoms with Crippen LogP contribution in [-0.4, -0.2) is 29.1 Å². The maximum absolute atomic E-state index is 12.5. The first-order valence-corrected chi connectivity index (χ1v) is 10.6. The zero-order valence-electron chi connectivity index (χ0n) is 14.8. The second kappa shape index (κ2) is 9.12.